The molecule has 0 fully saturated rings. The van der Waals surface area contributed by atoms with Crippen LogP contribution < -0.4 is 10.5 Å². The molecule has 3 nitrogen and oxygen atoms in total. The number of aromatic nitrogens is 1. The fourth-order valence-electron chi connectivity index (χ4n) is 1.49. The first-order valence-corrected chi connectivity index (χ1v) is 5.70. The second-order valence-electron chi connectivity index (χ2n) is 3.59. The molecule has 0 bridgehead atoms. The quantitative estimate of drug-likeness (QED) is 0.860. The summed E-state index contributed by atoms with van der Waals surface area (Å²) in [6.07, 6.45) is 1.60. The molecule has 0 unspecified atom stereocenters. The van der Waals surface area contributed by atoms with Crippen molar-refractivity contribution in [1.82, 2.24) is 4.98 Å². The smallest absolute Gasteiger partial charge is 0.165 e. The van der Waals surface area contributed by atoms with Gasteiger partial charge in [0.15, 0.2) is 11.6 Å². The molecule has 1 aromatic carbocycles. The van der Waals surface area contributed by atoms with Gasteiger partial charge in [-0.05, 0) is 18.2 Å². The first-order chi connectivity index (χ1) is 8.68. The van der Waals surface area contributed by atoms with Crippen molar-refractivity contribution in [3.63, 3.8) is 0 Å². The maximum absolute atomic E-state index is 13.4. The molecule has 0 saturated carbocycles. The van der Waals surface area contributed by atoms with Crippen molar-refractivity contribution >= 4 is 17.2 Å². The summed E-state index contributed by atoms with van der Waals surface area (Å²) in [6, 6.07) is 9.76. The van der Waals surface area contributed by atoms with Crippen molar-refractivity contribution in [3.05, 3.63) is 59.7 Å². The van der Waals surface area contributed by atoms with Gasteiger partial charge in [-0.1, -0.05) is 30.4 Å². The number of hydrogen-bond acceptors (Lipinski definition) is 3. The molecule has 2 rings (SSSR count). The molecule has 18 heavy (non-hydrogen) atoms. The van der Waals surface area contributed by atoms with Crippen molar-refractivity contribution in [2.24, 2.45) is 5.73 Å². The summed E-state index contributed by atoms with van der Waals surface area (Å²) < 4.78 is 18.7. The molecule has 1 heterocycles. The molecule has 2 N–H and O–H groups in total. The predicted octanol–water partition coefficient (Wildman–Crippen LogP) is 2.43. The van der Waals surface area contributed by atoms with Crippen molar-refractivity contribution in [3.8, 4) is 5.75 Å². The van der Waals surface area contributed by atoms with Crippen LogP contribution in [-0.2, 0) is 6.61 Å². The molecule has 0 radical (unpaired) electrons. The van der Waals surface area contributed by atoms with Gasteiger partial charge in [0.05, 0.1) is 0 Å². The van der Waals surface area contributed by atoms with E-state index in [4.69, 9.17) is 22.7 Å². The average Bonchev–Trinajstić information content (AvgIpc) is 2.38. The Morgan fingerprint density at radius 3 is 2.78 bits per heavy atom. The second-order valence-corrected chi connectivity index (χ2v) is 4.03. The standard InChI is InChI=1S/C13H11FN2OS/c14-10-5-1-2-6-11(10)17-8-9-4-3-7-16-12(9)13(15)18/h1-7H,8H2,(H2,15,18). The summed E-state index contributed by atoms with van der Waals surface area (Å²) in [6.45, 7) is 0.168. The fraction of sp³-hybridized carbons (Fsp3) is 0.0769. The molecule has 0 aliphatic rings. The molecule has 1 aromatic heterocycles. The Balaban J connectivity index is 2.16. The van der Waals surface area contributed by atoms with E-state index in [-0.39, 0.29) is 17.3 Å². The van der Waals surface area contributed by atoms with Crippen LogP contribution in [0.25, 0.3) is 0 Å². The van der Waals surface area contributed by atoms with E-state index >= 15 is 0 Å². The van der Waals surface area contributed by atoms with Crippen molar-refractivity contribution in [2.45, 2.75) is 6.61 Å². The lowest BCUT2D eigenvalue weighted by molar-refractivity contribution is 0.289. The van der Waals surface area contributed by atoms with Crippen LogP contribution in [0.5, 0.6) is 5.75 Å². The first kappa shape index (κ1) is 12.4. The van der Waals surface area contributed by atoms with Gasteiger partial charge in [0.25, 0.3) is 0 Å². The first-order valence-electron chi connectivity index (χ1n) is 5.29. The number of para-hydroxylation sites is 1. The number of benzene rings is 1. The molecule has 0 amide bonds. The highest BCUT2D eigenvalue weighted by molar-refractivity contribution is 7.80. The molecule has 0 aliphatic heterocycles. The molecule has 0 atom stereocenters. The summed E-state index contributed by atoms with van der Waals surface area (Å²) in [5.74, 6) is -0.214. The van der Waals surface area contributed by atoms with Gasteiger partial charge in [-0.15, -0.1) is 0 Å². The van der Waals surface area contributed by atoms with Crippen molar-refractivity contribution in [1.29, 1.82) is 0 Å². The van der Waals surface area contributed by atoms with Crippen molar-refractivity contribution < 1.29 is 9.13 Å². The van der Waals surface area contributed by atoms with Gasteiger partial charge >= 0.3 is 0 Å². The highest BCUT2D eigenvalue weighted by Gasteiger charge is 2.08. The maximum Gasteiger partial charge on any atom is 0.165 e. The number of hydrogen-bond donors (Lipinski definition) is 1. The van der Waals surface area contributed by atoms with Crippen LogP contribution in [0.4, 0.5) is 4.39 Å². The van der Waals surface area contributed by atoms with E-state index in [1.807, 2.05) is 0 Å². The van der Waals surface area contributed by atoms with E-state index in [2.05, 4.69) is 4.98 Å². The highest BCUT2D eigenvalue weighted by Crippen LogP contribution is 2.17. The van der Waals surface area contributed by atoms with Gasteiger partial charge in [-0.2, -0.15) is 0 Å². The number of nitrogens with zero attached hydrogens (tertiary/aromatic N) is 1. The zero-order valence-corrected chi connectivity index (χ0v) is 10.3. The third kappa shape index (κ3) is 2.81. The van der Waals surface area contributed by atoms with Crippen LogP contribution in [0.2, 0.25) is 0 Å². The van der Waals surface area contributed by atoms with Gasteiger partial charge < -0.3 is 10.5 Å². The highest BCUT2D eigenvalue weighted by atomic mass is 32.1. The average molecular weight is 262 g/mol. The summed E-state index contributed by atoms with van der Waals surface area (Å²) >= 11 is 4.89. The Morgan fingerprint density at radius 1 is 1.28 bits per heavy atom. The number of halogens is 1. The third-order valence-corrected chi connectivity index (χ3v) is 2.54. The SMILES string of the molecule is NC(=S)c1ncccc1COc1ccccc1F. The Kier molecular flexibility index (Phi) is 3.84. The van der Waals surface area contributed by atoms with E-state index < -0.39 is 5.82 Å². The minimum Gasteiger partial charge on any atom is -0.486 e. The Bertz CT molecular complexity index is 574. The van der Waals surface area contributed by atoms with Crippen LogP contribution in [0.3, 0.4) is 0 Å². The van der Waals surface area contributed by atoms with E-state index in [9.17, 15) is 4.39 Å². The van der Waals surface area contributed by atoms with Gasteiger partial charge in [-0.25, -0.2) is 4.39 Å². The summed E-state index contributed by atoms with van der Waals surface area (Å²) in [5, 5.41) is 0. The molecular weight excluding hydrogens is 251 g/mol. The van der Waals surface area contributed by atoms with Gasteiger partial charge in [0.2, 0.25) is 0 Å². The van der Waals surface area contributed by atoms with Gasteiger partial charge in [0, 0.05) is 11.8 Å². The molecule has 0 aliphatic carbocycles. The Morgan fingerprint density at radius 2 is 2.06 bits per heavy atom. The lowest BCUT2D eigenvalue weighted by Gasteiger charge is -2.09. The van der Waals surface area contributed by atoms with Crippen LogP contribution in [0.1, 0.15) is 11.3 Å². The lowest BCUT2D eigenvalue weighted by Crippen LogP contribution is -2.15. The van der Waals surface area contributed by atoms with Crippen LogP contribution >= 0.6 is 12.2 Å². The maximum atomic E-state index is 13.4. The number of thiocarbonyl (C=S) groups is 1. The van der Waals surface area contributed by atoms with E-state index in [0.717, 1.165) is 5.56 Å². The Labute approximate surface area is 109 Å². The summed E-state index contributed by atoms with van der Waals surface area (Å²) in [7, 11) is 0. The van der Waals surface area contributed by atoms with E-state index in [0.29, 0.717) is 5.69 Å². The zero-order chi connectivity index (χ0) is 13.0. The van der Waals surface area contributed by atoms with Crippen LogP contribution in [0, 0.1) is 5.82 Å². The van der Waals surface area contributed by atoms with E-state index in [1.54, 1.807) is 36.5 Å². The number of nitrogens with two attached hydrogens (primary N) is 1. The largest absolute Gasteiger partial charge is 0.486 e. The predicted molar refractivity (Wildman–Crippen MR) is 70.9 cm³/mol. The van der Waals surface area contributed by atoms with Crippen molar-refractivity contribution in [2.75, 3.05) is 0 Å². The number of rotatable bonds is 4. The van der Waals surface area contributed by atoms with E-state index in [1.165, 1.54) is 6.07 Å². The second kappa shape index (κ2) is 5.55. The minimum absolute atomic E-state index is 0.168. The number of pyridine rings is 1. The lowest BCUT2D eigenvalue weighted by atomic mass is 10.2. The molecule has 0 saturated heterocycles. The normalized spacial score (nSPS) is 10.1. The molecule has 92 valence electrons. The third-order valence-electron chi connectivity index (χ3n) is 2.34. The van der Waals surface area contributed by atoms with Crippen LogP contribution in [0.15, 0.2) is 42.6 Å². The molecular formula is C13H11FN2OS. The summed E-state index contributed by atoms with van der Waals surface area (Å²) in [5.41, 5.74) is 6.79. The van der Waals surface area contributed by atoms with Gasteiger partial charge in [0.1, 0.15) is 17.3 Å². The number of ether oxygens (including phenoxy) is 1. The zero-order valence-electron chi connectivity index (χ0n) is 9.47. The summed E-state index contributed by atoms with van der Waals surface area (Å²) in [4.78, 5) is 4.27. The fourth-order valence-corrected chi connectivity index (χ4v) is 1.68. The molecule has 5 heteroatoms. The monoisotopic (exact) mass is 262 g/mol. The Hall–Kier alpha value is -2.01. The molecule has 2 aromatic rings. The topological polar surface area (TPSA) is 48.1 Å². The molecule has 0 spiro atoms. The van der Waals surface area contributed by atoms with Crippen LogP contribution in [-0.4, -0.2) is 9.97 Å². The minimum atomic E-state index is -0.404. The van der Waals surface area contributed by atoms with Gasteiger partial charge in [-0.3, -0.25) is 4.98 Å².